The van der Waals surface area contributed by atoms with Crippen molar-refractivity contribution in [3.63, 3.8) is 0 Å². The Morgan fingerprint density at radius 1 is 1.35 bits per heavy atom. The fourth-order valence-corrected chi connectivity index (χ4v) is 3.02. The van der Waals surface area contributed by atoms with E-state index in [2.05, 4.69) is 18.3 Å². The zero-order chi connectivity index (χ0) is 12.1. The van der Waals surface area contributed by atoms with E-state index >= 15 is 0 Å². The van der Waals surface area contributed by atoms with Crippen LogP contribution in [0.1, 0.15) is 51.9 Å². The molecule has 0 aromatic rings. The van der Waals surface area contributed by atoms with E-state index < -0.39 is 0 Å². The lowest BCUT2D eigenvalue weighted by Gasteiger charge is -2.36. The molecule has 0 aromatic carbocycles. The van der Waals surface area contributed by atoms with Crippen LogP contribution in [0.5, 0.6) is 0 Å². The molecular formula is C14H24N2O. The second-order valence-electron chi connectivity index (χ2n) is 5.56. The van der Waals surface area contributed by atoms with Crippen molar-refractivity contribution in [1.82, 2.24) is 5.32 Å². The van der Waals surface area contributed by atoms with E-state index in [0.717, 1.165) is 38.3 Å². The summed E-state index contributed by atoms with van der Waals surface area (Å²) >= 11 is 0. The molecule has 2 fully saturated rings. The van der Waals surface area contributed by atoms with E-state index in [-0.39, 0.29) is 5.54 Å². The van der Waals surface area contributed by atoms with Crippen LogP contribution in [0.2, 0.25) is 0 Å². The molecule has 1 N–H and O–H groups in total. The quantitative estimate of drug-likeness (QED) is 0.816. The molecule has 1 heterocycles. The molecule has 1 atom stereocenters. The van der Waals surface area contributed by atoms with Gasteiger partial charge >= 0.3 is 0 Å². The number of nitriles is 1. The van der Waals surface area contributed by atoms with Crippen LogP contribution in [0.4, 0.5) is 0 Å². The van der Waals surface area contributed by atoms with Gasteiger partial charge in [0.2, 0.25) is 0 Å². The average molecular weight is 236 g/mol. The van der Waals surface area contributed by atoms with E-state index in [0.29, 0.717) is 6.10 Å². The second-order valence-corrected chi connectivity index (χ2v) is 5.56. The van der Waals surface area contributed by atoms with Gasteiger partial charge in [0.1, 0.15) is 5.54 Å². The molecule has 1 unspecified atom stereocenters. The molecule has 0 amide bonds. The summed E-state index contributed by atoms with van der Waals surface area (Å²) in [6.45, 7) is 4.00. The second kappa shape index (κ2) is 5.84. The number of hydrogen-bond acceptors (Lipinski definition) is 3. The molecule has 3 nitrogen and oxygen atoms in total. The minimum absolute atomic E-state index is 0.266. The number of rotatable bonds is 4. The van der Waals surface area contributed by atoms with E-state index in [1.54, 1.807) is 0 Å². The summed E-state index contributed by atoms with van der Waals surface area (Å²) in [7, 11) is 0. The number of nitrogens with one attached hydrogen (secondary N) is 1. The van der Waals surface area contributed by atoms with Crippen LogP contribution >= 0.6 is 0 Å². The standard InChI is InChI=1S/C14H24N2O/c1-2-12-5-7-14(11-15,8-6-12)16-10-13-4-3-9-17-13/h12-13,16H,2-10H2,1H3. The Bertz CT molecular complexity index is 270. The van der Waals surface area contributed by atoms with Crippen LogP contribution in [0.15, 0.2) is 0 Å². The highest BCUT2D eigenvalue weighted by Crippen LogP contribution is 2.33. The van der Waals surface area contributed by atoms with Crippen LogP contribution < -0.4 is 5.32 Å². The van der Waals surface area contributed by atoms with Crippen LogP contribution in [0.3, 0.4) is 0 Å². The van der Waals surface area contributed by atoms with Crippen molar-refractivity contribution in [2.45, 2.75) is 63.5 Å². The van der Waals surface area contributed by atoms with Gasteiger partial charge in [-0.1, -0.05) is 13.3 Å². The topological polar surface area (TPSA) is 45.0 Å². The molecule has 96 valence electrons. The minimum Gasteiger partial charge on any atom is -0.377 e. The zero-order valence-electron chi connectivity index (χ0n) is 10.9. The van der Waals surface area contributed by atoms with Crippen molar-refractivity contribution in [3.05, 3.63) is 0 Å². The van der Waals surface area contributed by atoms with Gasteiger partial charge in [-0.3, -0.25) is 5.32 Å². The number of ether oxygens (including phenoxy) is 1. The Kier molecular flexibility index (Phi) is 4.42. The van der Waals surface area contributed by atoms with Crippen molar-refractivity contribution in [2.24, 2.45) is 5.92 Å². The highest BCUT2D eigenvalue weighted by Gasteiger charge is 2.35. The predicted molar refractivity (Wildman–Crippen MR) is 67.6 cm³/mol. The SMILES string of the molecule is CCC1CCC(C#N)(NCC2CCCO2)CC1. The number of hydrogen-bond donors (Lipinski definition) is 1. The maximum atomic E-state index is 9.42. The van der Waals surface area contributed by atoms with Crippen LogP contribution in [0.25, 0.3) is 0 Å². The van der Waals surface area contributed by atoms with Gasteiger partial charge in [0, 0.05) is 13.2 Å². The molecule has 1 saturated carbocycles. The van der Waals surface area contributed by atoms with Crippen LogP contribution in [-0.2, 0) is 4.74 Å². The first-order chi connectivity index (χ1) is 8.28. The smallest absolute Gasteiger partial charge is 0.106 e. The Balaban J connectivity index is 1.81. The third-order valence-corrected chi connectivity index (χ3v) is 4.44. The van der Waals surface area contributed by atoms with Gasteiger partial charge in [-0.2, -0.15) is 5.26 Å². The molecule has 0 radical (unpaired) electrons. The largest absolute Gasteiger partial charge is 0.377 e. The minimum atomic E-state index is -0.266. The summed E-state index contributed by atoms with van der Waals surface area (Å²) in [6, 6.07) is 2.52. The van der Waals surface area contributed by atoms with Crippen molar-refractivity contribution < 1.29 is 4.74 Å². The molecule has 3 heteroatoms. The molecule has 0 spiro atoms. The van der Waals surface area contributed by atoms with E-state index in [1.165, 1.54) is 25.7 Å². The first kappa shape index (κ1) is 12.9. The summed E-state index contributed by atoms with van der Waals surface area (Å²) in [5, 5.41) is 12.9. The lowest BCUT2D eigenvalue weighted by molar-refractivity contribution is 0.0987. The van der Waals surface area contributed by atoms with Gasteiger partial charge in [-0.25, -0.2) is 0 Å². The first-order valence-electron chi connectivity index (χ1n) is 7.06. The average Bonchev–Trinajstić information content (AvgIpc) is 2.90. The molecule has 2 aliphatic rings. The Labute approximate surface area is 105 Å². The van der Waals surface area contributed by atoms with Crippen molar-refractivity contribution in [2.75, 3.05) is 13.2 Å². The van der Waals surface area contributed by atoms with Gasteiger partial charge in [0.25, 0.3) is 0 Å². The molecule has 17 heavy (non-hydrogen) atoms. The third kappa shape index (κ3) is 3.20. The first-order valence-corrected chi connectivity index (χ1v) is 7.06. The van der Waals surface area contributed by atoms with E-state index in [9.17, 15) is 5.26 Å². The predicted octanol–water partition coefficient (Wildman–Crippen LogP) is 2.62. The van der Waals surface area contributed by atoms with Gasteiger partial charge in [0.05, 0.1) is 12.2 Å². The molecule has 1 saturated heterocycles. The van der Waals surface area contributed by atoms with Crippen molar-refractivity contribution in [1.29, 1.82) is 5.26 Å². The highest BCUT2D eigenvalue weighted by molar-refractivity contribution is 5.09. The molecule has 1 aliphatic carbocycles. The normalized spacial score (nSPS) is 37.9. The molecule has 2 rings (SSSR count). The van der Waals surface area contributed by atoms with E-state index in [4.69, 9.17) is 4.74 Å². The van der Waals surface area contributed by atoms with Gasteiger partial charge in [-0.05, 0) is 44.4 Å². The zero-order valence-corrected chi connectivity index (χ0v) is 10.9. The van der Waals surface area contributed by atoms with Crippen LogP contribution in [-0.4, -0.2) is 24.8 Å². The molecular weight excluding hydrogens is 212 g/mol. The summed E-state index contributed by atoms with van der Waals surface area (Å²) < 4.78 is 5.60. The molecule has 0 bridgehead atoms. The molecule has 1 aliphatic heterocycles. The summed E-state index contributed by atoms with van der Waals surface area (Å²) in [4.78, 5) is 0. The Morgan fingerprint density at radius 2 is 2.12 bits per heavy atom. The maximum absolute atomic E-state index is 9.42. The Morgan fingerprint density at radius 3 is 2.65 bits per heavy atom. The summed E-state index contributed by atoms with van der Waals surface area (Å²) in [5.74, 6) is 0.834. The van der Waals surface area contributed by atoms with Gasteiger partial charge in [-0.15, -0.1) is 0 Å². The Hall–Kier alpha value is -0.590. The monoisotopic (exact) mass is 236 g/mol. The molecule has 0 aromatic heterocycles. The van der Waals surface area contributed by atoms with Crippen molar-refractivity contribution >= 4 is 0 Å². The highest BCUT2D eigenvalue weighted by atomic mass is 16.5. The van der Waals surface area contributed by atoms with Gasteiger partial charge < -0.3 is 4.74 Å². The lowest BCUT2D eigenvalue weighted by Crippen LogP contribution is -2.49. The van der Waals surface area contributed by atoms with Gasteiger partial charge in [0.15, 0.2) is 0 Å². The fourth-order valence-electron chi connectivity index (χ4n) is 3.02. The van der Waals surface area contributed by atoms with Crippen molar-refractivity contribution in [3.8, 4) is 6.07 Å². The van der Waals surface area contributed by atoms with E-state index in [1.807, 2.05) is 0 Å². The fraction of sp³-hybridized carbons (Fsp3) is 0.929. The number of nitrogens with zero attached hydrogens (tertiary/aromatic N) is 1. The maximum Gasteiger partial charge on any atom is 0.106 e. The summed E-state index contributed by atoms with van der Waals surface area (Å²) in [6.07, 6.45) is 8.32. The van der Waals surface area contributed by atoms with Crippen LogP contribution in [0, 0.1) is 17.2 Å². The lowest BCUT2D eigenvalue weighted by atomic mass is 9.76. The third-order valence-electron chi connectivity index (χ3n) is 4.44. The summed E-state index contributed by atoms with van der Waals surface area (Å²) in [5.41, 5.74) is -0.266.